The predicted molar refractivity (Wildman–Crippen MR) is 120 cm³/mol. The molecule has 0 bridgehead atoms. The van der Waals surface area contributed by atoms with Gasteiger partial charge in [0.25, 0.3) is 5.91 Å². The molecule has 1 unspecified atom stereocenters. The molecular formula is C23H23BrN2O6. The molecule has 168 valence electrons. The highest BCUT2D eigenvalue weighted by atomic mass is 79.9. The van der Waals surface area contributed by atoms with Crippen molar-refractivity contribution in [3.05, 3.63) is 64.1 Å². The fourth-order valence-corrected chi connectivity index (χ4v) is 3.42. The van der Waals surface area contributed by atoms with Gasteiger partial charge in [0.05, 0.1) is 18.6 Å². The van der Waals surface area contributed by atoms with Crippen molar-refractivity contribution >= 4 is 45.2 Å². The van der Waals surface area contributed by atoms with Crippen LogP contribution >= 0.6 is 15.9 Å². The first-order chi connectivity index (χ1) is 15.4. The summed E-state index contributed by atoms with van der Waals surface area (Å²) in [6.07, 6.45) is -0.877. The lowest BCUT2D eigenvalue weighted by molar-refractivity contribution is -0.154. The molecule has 0 saturated carbocycles. The molecule has 0 aromatic heterocycles. The first kappa shape index (κ1) is 23.6. The van der Waals surface area contributed by atoms with E-state index in [1.54, 1.807) is 41.3 Å². The molecule has 2 aromatic carbocycles. The number of nitrogens with zero attached hydrogens (tertiary/aromatic N) is 1. The van der Waals surface area contributed by atoms with Gasteiger partial charge < -0.3 is 19.7 Å². The monoisotopic (exact) mass is 502 g/mol. The molecule has 1 heterocycles. The van der Waals surface area contributed by atoms with Crippen LogP contribution in [0, 0.1) is 0 Å². The number of ketones is 1. The van der Waals surface area contributed by atoms with Crippen molar-refractivity contribution < 1.29 is 28.7 Å². The van der Waals surface area contributed by atoms with Crippen LogP contribution in [0.1, 0.15) is 34.1 Å². The highest BCUT2D eigenvalue weighted by Crippen LogP contribution is 2.15. The summed E-state index contributed by atoms with van der Waals surface area (Å²) in [5.74, 6) is -1.51. The summed E-state index contributed by atoms with van der Waals surface area (Å²) in [7, 11) is 0. The van der Waals surface area contributed by atoms with Crippen molar-refractivity contribution in [3.8, 4) is 0 Å². The molecule has 8 nitrogen and oxygen atoms in total. The second-order valence-electron chi connectivity index (χ2n) is 7.11. The van der Waals surface area contributed by atoms with Gasteiger partial charge >= 0.3 is 5.97 Å². The Hall–Kier alpha value is -3.04. The number of carbonyl (C=O) groups is 4. The van der Waals surface area contributed by atoms with Gasteiger partial charge in [-0.1, -0.05) is 28.1 Å². The van der Waals surface area contributed by atoms with Crippen molar-refractivity contribution in [2.45, 2.75) is 19.4 Å². The topological polar surface area (TPSA) is 102 Å². The van der Waals surface area contributed by atoms with E-state index in [0.29, 0.717) is 30.9 Å². The largest absolute Gasteiger partial charge is 0.454 e. The molecule has 1 saturated heterocycles. The number of Topliss-reactive ketones (excluding diaryl/α,β-unsaturated/α-hetero) is 1. The molecule has 2 aromatic rings. The van der Waals surface area contributed by atoms with E-state index in [9.17, 15) is 19.2 Å². The molecule has 1 atom stereocenters. The van der Waals surface area contributed by atoms with Gasteiger partial charge in [0.1, 0.15) is 6.10 Å². The lowest BCUT2D eigenvalue weighted by atomic mass is 10.1. The smallest absolute Gasteiger partial charge is 0.338 e. The number of ether oxygens (including phenoxy) is 2. The first-order valence-corrected chi connectivity index (χ1v) is 10.9. The number of esters is 1. The summed E-state index contributed by atoms with van der Waals surface area (Å²) in [5.41, 5.74) is 1.16. The third-order valence-electron chi connectivity index (χ3n) is 4.92. The predicted octanol–water partition coefficient (Wildman–Crippen LogP) is 3.06. The van der Waals surface area contributed by atoms with Crippen LogP contribution in [0.5, 0.6) is 0 Å². The molecule has 0 aliphatic carbocycles. The lowest BCUT2D eigenvalue weighted by Gasteiger charge is -2.31. The molecule has 0 radical (unpaired) electrons. The fraction of sp³-hybridized carbons (Fsp3) is 0.304. The number of carbonyl (C=O) groups excluding carboxylic acids is 4. The van der Waals surface area contributed by atoms with Crippen molar-refractivity contribution in [2.24, 2.45) is 0 Å². The van der Waals surface area contributed by atoms with E-state index in [2.05, 4.69) is 21.2 Å². The summed E-state index contributed by atoms with van der Waals surface area (Å²) >= 11 is 3.29. The zero-order valence-electron chi connectivity index (χ0n) is 17.5. The number of hydrogen-bond donors (Lipinski definition) is 1. The lowest BCUT2D eigenvalue weighted by Crippen LogP contribution is -2.48. The molecule has 1 N–H and O–H groups in total. The number of benzene rings is 2. The summed E-state index contributed by atoms with van der Waals surface area (Å²) in [5, 5.41) is 2.69. The Morgan fingerprint density at radius 3 is 2.41 bits per heavy atom. The van der Waals surface area contributed by atoms with Crippen molar-refractivity contribution in [2.75, 3.05) is 31.6 Å². The molecule has 1 aliphatic rings. The van der Waals surface area contributed by atoms with Crippen LogP contribution in [-0.2, 0) is 19.1 Å². The van der Waals surface area contributed by atoms with E-state index in [4.69, 9.17) is 9.47 Å². The number of morpholine rings is 1. The van der Waals surface area contributed by atoms with E-state index < -0.39 is 12.1 Å². The van der Waals surface area contributed by atoms with Gasteiger partial charge in [-0.3, -0.25) is 14.4 Å². The van der Waals surface area contributed by atoms with Crippen LogP contribution in [0.4, 0.5) is 5.69 Å². The van der Waals surface area contributed by atoms with Crippen LogP contribution in [0.15, 0.2) is 53.0 Å². The number of nitrogens with one attached hydrogen (secondary N) is 1. The molecule has 9 heteroatoms. The van der Waals surface area contributed by atoms with Gasteiger partial charge in [-0.2, -0.15) is 0 Å². The standard InChI is InChI=1S/C23H23BrN2O6/c1-2-26-11-12-31-20(22(26)29)13-21(28)25-18-9-5-16(6-10-18)23(30)32-14-19(27)15-3-7-17(24)8-4-15/h3-10,20H,2,11-14H2,1H3,(H,25,28). The zero-order valence-corrected chi connectivity index (χ0v) is 19.1. The minimum atomic E-state index is -0.791. The van der Waals surface area contributed by atoms with Gasteiger partial charge in [0.15, 0.2) is 12.4 Å². The molecule has 0 spiro atoms. The second kappa shape index (κ2) is 11.0. The Bertz CT molecular complexity index is 991. The number of likely N-dealkylation sites (N-methyl/N-ethyl adjacent to an activating group) is 1. The number of amides is 2. The number of rotatable bonds is 8. The Morgan fingerprint density at radius 2 is 1.75 bits per heavy atom. The summed E-state index contributed by atoms with van der Waals surface area (Å²) in [6, 6.07) is 12.8. The maximum atomic E-state index is 12.3. The fourth-order valence-electron chi connectivity index (χ4n) is 3.15. The summed E-state index contributed by atoms with van der Waals surface area (Å²) < 4.78 is 11.4. The Kier molecular flexibility index (Phi) is 8.13. The van der Waals surface area contributed by atoms with E-state index in [-0.39, 0.29) is 36.2 Å². The van der Waals surface area contributed by atoms with E-state index in [1.165, 1.54) is 12.1 Å². The molecule has 2 amide bonds. The number of halogens is 1. The molecule has 1 fully saturated rings. The minimum absolute atomic E-state index is 0.0860. The Morgan fingerprint density at radius 1 is 1.09 bits per heavy atom. The summed E-state index contributed by atoms with van der Waals surface area (Å²) in [6.45, 7) is 3.01. The van der Waals surface area contributed by atoms with Crippen LogP contribution in [0.2, 0.25) is 0 Å². The van der Waals surface area contributed by atoms with Crippen LogP contribution in [0.25, 0.3) is 0 Å². The van der Waals surface area contributed by atoms with Gasteiger partial charge in [-0.15, -0.1) is 0 Å². The van der Waals surface area contributed by atoms with Gasteiger partial charge in [-0.25, -0.2) is 4.79 Å². The first-order valence-electron chi connectivity index (χ1n) is 10.1. The Labute approximate surface area is 194 Å². The normalized spacial score (nSPS) is 15.9. The van der Waals surface area contributed by atoms with Crippen molar-refractivity contribution in [1.82, 2.24) is 4.90 Å². The Balaban J connectivity index is 1.49. The quantitative estimate of drug-likeness (QED) is 0.439. The zero-order chi connectivity index (χ0) is 23.1. The SMILES string of the molecule is CCN1CCOC(CC(=O)Nc2ccc(C(=O)OCC(=O)c3ccc(Br)cc3)cc2)C1=O. The molecule has 3 rings (SSSR count). The van der Waals surface area contributed by atoms with Crippen molar-refractivity contribution in [1.29, 1.82) is 0 Å². The minimum Gasteiger partial charge on any atom is -0.454 e. The average molecular weight is 503 g/mol. The van der Waals surface area contributed by atoms with Crippen molar-refractivity contribution in [3.63, 3.8) is 0 Å². The maximum absolute atomic E-state index is 12.3. The third kappa shape index (κ3) is 6.24. The van der Waals surface area contributed by atoms with Gasteiger partial charge in [0.2, 0.25) is 5.91 Å². The molecule has 1 aliphatic heterocycles. The van der Waals surface area contributed by atoms with Crippen LogP contribution < -0.4 is 5.32 Å². The molecule has 32 heavy (non-hydrogen) atoms. The van der Waals surface area contributed by atoms with E-state index in [1.807, 2.05) is 6.92 Å². The highest BCUT2D eigenvalue weighted by molar-refractivity contribution is 9.10. The highest BCUT2D eigenvalue weighted by Gasteiger charge is 2.30. The van der Waals surface area contributed by atoms with Gasteiger partial charge in [-0.05, 0) is 43.3 Å². The molecular weight excluding hydrogens is 480 g/mol. The second-order valence-corrected chi connectivity index (χ2v) is 8.03. The van der Waals surface area contributed by atoms with Crippen LogP contribution in [-0.4, -0.2) is 60.9 Å². The third-order valence-corrected chi connectivity index (χ3v) is 5.45. The van der Waals surface area contributed by atoms with Gasteiger partial charge in [0, 0.05) is 28.8 Å². The number of anilines is 1. The van der Waals surface area contributed by atoms with E-state index >= 15 is 0 Å². The van der Waals surface area contributed by atoms with E-state index in [0.717, 1.165) is 4.47 Å². The maximum Gasteiger partial charge on any atom is 0.338 e. The van der Waals surface area contributed by atoms with Crippen LogP contribution in [0.3, 0.4) is 0 Å². The summed E-state index contributed by atoms with van der Waals surface area (Å²) in [4.78, 5) is 50.5. The number of hydrogen-bond acceptors (Lipinski definition) is 6. The average Bonchev–Trinajstić information content (AvgIpc) is 2.79.